The van der Waals surface area contributed by atoms with E-state index in [9.17, 15) is 9.59 Å². The molecule has 0 aromatic heterocycles. The number of likely N-dealkylation sites (tertiary alicyclic amines) is 1. The van der Waals surface area contributed by atoms with Crippen molar-refractivity contribution in [2.45, 2.75) is 70.5 Å². The van der Waals surface area contributed by atoms with Crippen molar-refractivity contribution in [2.24, 2.45) is 0 Å². The maximum atomic E-state index is 12.1. The Kier molecular flexibility index (Phi) is 5.55. The number of alkyl halides is 1. The number of hydrogen-bond acceptors (Lipinski definition) is 5. The molecule has 1 fully saturated rings. The van der Waals surface area contributed by atoms with Gasteiger partial charge in [-0.15, -0.1) is 11.6 Å². The van der Waals surface area contributed by atoms with Crippen molar-refractivity contribution in [3.63, 3.8) is 0 Å². The molecule has 126 valence electrons. The number of carbonyl (C=O) groups excluding carboxylic acids is 2. The molecule has 1 saturated heterocycles. The van der Waals surface area contributed by atoms with Crippen molar-refractivity contribution < 1.29 is 19.1 Å². The number of ether oxygens (including phenoxy) is 2. The topological polar surface area (TPSA) is 55.8 Å². The summed E-state index contributed by atoms with van der Waals surface area (Å²) in [4.78, 5) is 25.4. The van der Waals surface area contributed by atoms with Gasteiger partial charge in [0.05, 0.1) is 17.5 Å². The zero-order chi connectivity index (χ0) is 17.3. The molecule has 0 aromatic rings. The lowest BCUT2D eigenvalue weighted by atomic mass is 9.76. The van der Waals surface area contributed by atoms with Gasteiger partial charge in [-0.1, -0.05) is 6.58 Å². The Balaban J connectivity index is 3.23. The van der Waals surface area contributed by atoms with E-state index in [0.29, 0.717) is 6.42 Å². The molecule has 22 heavy (non-hydrogen) atoms. The molecule has 0 aromatic carbocycles. The molecular formula is C16H26ClNO4. The molecule has 0 bridgehead atoms. The van der Waals surface area contributed by atoms with Crippen molar-refractivity contribution in [2.75, 3.05) is 6.61 Å². The molecule has 0 aliphatic carbocycles. The number of piperidine rings is 1. The average molecular weight is 332 g/mol. The molecule has 1 heterocycles. The minimum atomic E-state index is -0.691. The minimum Gasteiger partial charge on any atom is -0.461 e. The SMILES string of the molecule is C=C(C(=O)OCC)N1C(C)(C)CC(Cl)C(OC(C)=O)C1(C)C. The van der Waals surface area contributed by atoms with Crippen molar-refractivity contribution in [3.8, 4) is 0 Å². The van der Waals surface area contributed by atoms with Crippen LogP contribution in [0.15, 0.2) is 12.3 Å². The number of esters is 2. The molecule has 0 saturated carbocycles. The van der Waals surface area contributed by atoms with E-state index in [-0.39, 0.29) is 17.7 Å². The van der Waals surface area contributed by atoms with Crippen LogP contribution in [0.2, 0.25) is 0 Å². The Labute approximate surface area is 137 Å². The second-order valence-electron chi connectivity index (χ2n) is 6.72. The van der Waals surface area contributed by atoms with Gasteiger partial charge in [0, 0.05) is 12.5 Å². The van der Waals surface area contributed by atoms with Crippen LogP contribution in [0, 0.1) is 0 Å². The van der Waals surface area contributed by atoms with E-state index in [0.717, 1.165) is 0 Å². The number of carbonyl (C=O) groups is 2. The third-order valence-corrected chi connectivity index (χ3v) is 4.36. The number of rotatable bonds is 4. The molecule has 0 N–H and O–H groups in total. The van der Waals surface area contributed by atoms with E-state index in [2.05, 4.69) is 6.58 Å². The summed E-state index contributed by atoms with van der Waals surface area (Å²) in [5.74, 6) is -0.872. The van der Waals surface area contributed by atoms with E-state index in [4.69, 9.17) is 21.1 Å². The van der Waals surface area contributed by atoms with Gasteiger partial charge in [-0.25, -0.2) is 4.79 Å². The lowest BCUT2D eigenvalue weighted by Gasteiger charge is -2.58. The molecule has 0 radical (unpaired) electrons. The van der Waals surface area contributed by atoms with Crippen LogP contribution in [0.3, 0.4) is 0 Å². The highest BCUT2D eigenvalue weighted by atomic mass is 35.5. The molecule has 6 heteroatoms. The van der Waals surface area contributed by atoms with Gasteiger partial charge in [0.1, 0.15) is 11.8 Å². The van der Waals surface area contributed by atoms with Crippen LogP contribution in [0.1, 0.15) is 48.0 Å². The van der Waals surface area contributed by atoms with Crippen LogP contribution in [0.25, 0.3) is 0 Å². The largest absolute Gasteiger partial charge is 0.461 e. The van der Waals surface area contributed by atoms with E-state index >= 15 is 0 Å². The number of halogens is 1. The van der Waals surface area contributed by atoms with E-state index in [1.54, 1.807) is 6.92 Å². The zero-order valence-corrected chi connectivity index (χ0v) is 15.0. The molecule has 2 atom stereocenters. The summed E-state index contributed by atoms with van der Waals surface area (Å²) >= 11 is 6.46. The predicted molar refractivity (Wildman–Crippen MR) is 85.6 cm³/mol. The Morgan fingerprint density at radius 1 is 1.32 bits per heavy atom. The molecule has 1 aliphatic rings. The maximum absolute atomic E-state index is 12.1. The lowest BCUT2D eigenvalue weighted by molar-refractivity contribution is -0.165. The van der Waals surface area contributed by atoms with Gasteiger partial charge in [0.25, 0.3) is 0 Å². The smallest absolute Gasteiger partial charge is 0.354 e. The average Bonchev–Trinajstić information content (AvgIpc) is 2.32. The highest BCUT2D eigenvalue weighted by molar-refractivity contribution is 6.21. The van der Waals surface area contributed by atoms with E-state index < -0.39 is 29.1 Å². The monoisotopic (exact) mass is 331 g/mol. The summed E-state index contributed by atoms with van der Waals surface area (Å²) in [6, 6.07) is 0. The summed E-state index contributed by atoms with van der Waals surface area (Å²) in [5, 5.41) is -0.347. The van der Waals surface area contributed by atoms with Crippen molar-refractivity contribution in [1.82, 2.24) is 4.90 Å². The van der Waals surface area contributed by atoms with Gasteiger partial charge in [0.2, 0.25) is 0 Å². The molecule has 0 spiro atoms. The lowest BCUT2D eigenvalue weighted by Crippen LogP contribution is -2.68. The quantitative estimate of drug-likeness (QED) is 0.450. The van der Waals surface area contributed by atoms with Crippen molar-refractivity contribution in [3.05, 3.63) is 12.3 Å². The van der Waals surface area contributed by atoms with Gasteiger partial charge in [-0.05, 0) is 41.0 Å². The Morgan fingerprint density at radius 3 is 2.32 bits per heavy atom. The minimum absolute atomic E-state index is 0.248. The third-order valence-electron chi connectivity index (χ3n) is 3.97. The molecule has 2 unspecified atom stereocenters. The second kappa shape index (κ2) is 6.49. The van der Waals surface area contributed by atoms with Gasteiger partial charge in [-0.3, -0.25) is 4.79 Å². The fraction of sp³-hybridized carbons (Fsp3) is 0.750. The summed E-state index contributed by atoms with van der Waals surface area (Å²) < 4.78 is 10.5. The summed E-state index contributed by atoms with van der Waals surface area (Å²) in [6.07, 6.45) is -0.000164. The fourth-order valence-electron chi connectivity index (χ4n) is 3.44. The second-order valence-corrected chi connectivity index (χ2v) is 7.28. The normalized spacial score (nSPS) is 26.2. The summed E-state index contributed by atoms with van der Waals surface area (Å²) in [7, 11) is 0. The highest BCUT2D eigenvalue weighted by Gasteiger charge is 2.54. The summed E-state index contributed by atoms with van der Waals surface area (Å²) in [6.45, 7) is 15.0. The number of nitrogens with zero attached hydrogens (tertiary/aromatic N) is 1. The van der Waals surface area contributed by atoms with Gasteiger partial charge in [-0.2, -0.15) is 0 Å². The van der Waals surface area contributed by atoms with Crippen LogP contribution < -0.4 is 0 Å². The Morgan fingerprint density at radius 2 is 1.86 bits per heavy atom. The molecule has 5 nitrogen and oxygen atoms in total. The van der Waals surface area contributed by atoms with Crippen molar-refractivity contribution >= 4 is 23.5 Å². The first-order valence-electron chi connectivity index (χ1n) is 7.42. The van der Waals surface area contributed by atoms with Crippen LogP contribution in [0.4, 0.5) is 0 Å². The first-order valence-corrected chi connectivity index (χ1v) is 7.86. The zero-order valence-electron chi connectivity index (χ0n) is 14.2. The Bertz CT molecular complexity index is 473. The molecule has 1 rings (SSSR count). The Hall–Kier alpha value is -1.23. The number of hydrogen-bond donors (Lipinski definition) is 0. The fourth-order valence-corrected chi connectivity index (χ4v) is 4.18. The predicted octanol–water partition coefficient (Wildman–Crippen LogP) is 2.87. The third kappa shape index (κ3) is 3.57. The first-order chi connectivity index (χ1) is 9.95. The maximum Gasteiger partial charge on any atom is 0.354 e. The molecular weight excluding hydrogens is 306 g/mol. The van der Waals surface area contributed by atoms with Crippen LogP contribution in [0.5, 0.6) is 0 Å². The van der Waals surface area contributed by atoms with Crippen molar-refractivity contribution in [1.29, 1.82) is 0 Å². The van der Waals surface area contributed by atoms with Gasteiger partial charge < -0.3 is 14.4 Å². The highest BCUT2D eigenvalue weighted by Crippen LogP contribution is 2.44. The van der Waals surface area contributed by atoms with Gasteiger partial charge in [0.15, 0.2) is 0 Å². The van der Waals surface area contributed by atoms with Crippen LogP contribution >= 0.6 is 11.6 Å². The standard InChI is InChI=1S/C16H26ClNO4/c1-8-21-14(20)10(2)18-15(4,5)9-12(17)13(16(18,6)7)22-11(3)19/h12-13H,2,8-9H2,1,3-7H3. The molecule has 0 amide bonds. The first kappa shape index (κ1) is 18.8. The van der Waals surface area contributed by atoms with Crippen LogP contribution in [-0.4, -0.2) is 46.0 Å². The summed E-state index contributed by atoms with van der Waals surface area (Å²) in [5.41, 5.74) is -0.863. The van der Waals surface area contributed by atoms with E-state index in [1.165, 1.54) is 6.92 Å². The van der Waals surface area contributed by atoms with Gasteiger partial charge >= 0.3 is 11.9 Å². The molecule has 1 aliphatic heterocycles. The van der Waals surface area contributed by atoms with E-state index in [1.807, 2.05) is 32.6 Å². The van der Waals surface area contributed by atoms with Crippen LogP contribution in [-0.2, 0) is 19.1 Å².